The lowest BCUT2D eigenvalue weighted by molar-refractivity contribution is -0.142. The molecule has 0 unspecified atom stereocenters. The number of hydrogen-bond acceptors (Lipinski definition) is 8. The molecule has 5 N–H and O–H groups in total. The van der Waals surface area contributed by atoms with Gasteiger partial charge in [0.15, 0.2) is 11.5 Å². The third kappa shape index (κ3) is 5.93. The van der Waals surface area contributed by atoms with Gasteiger partial charge in [-0.3, -0.25) is 19.2 Å². The predicted octanol–water partition coefficient (Wildman–Crippen LogP) is 1.99. The second kappa shape index (κ2) is 9.84. The van der Waals surface area contributed by atoms with Gasteiger partial charge in [-0.2, -0.15) is 0 Å². The number of carboxylic acids is 1. The Balaban J connectivity index is 1.75. The van der Waals surface area contributed by atoms with Crippen LogP contribution in [0.4, 0.5) is 10.2 Å². The minimum atomic E-state index is -3.94. The second-order valence-electron chi connectivity index (χ2n) is 8.16. The van der Waals surface area contributed by atoms with E-state index in [1.807, 2.05) is 0 Å². The minimum absolute atomic E-state index is 0.0479. The molecular weight excluding hydrogens is 468 g/mol. The molecule has 0 saturated carbocycles. The topological polar surface area (TPSA) is 174 Å². The molecule has 2 aromatic heterocycles. The van der Waals surface area contributed by atoms with Crippen LogP contribution in [0, 0.1) is 5.82 Å². The smallest absolute Gasteiger partial charge is 0.323 e. The molecule has 12 nitrogen and oxygen atoms in total. The number of nitrogen functional groups attached to an aromatic ring is 1. The molecule has 34 heavy (non-hydrogen) atoms. The summed E-state index contributed by atoms with van der Waals surface area (Å²) >= 11 is 0. The first-order valence-electron chi connectivity index (χ1n) is 10.1. The predicted molar refractivity (Wildman–Crippen MR) is 121 cm³/mol. The van der Waals surface area contributed by atoms with Gasteiger partial charge in [0.05, 0.1) is 19.0 Å². The van der Waals surface area contributed by atoms with Gasteiger partial charge >= 0.3 is 5.97 Å². The molecule has 0 saturated heterocycles. The van der Waals surface area contributed by atoms with E-state index in [0.717, 1.165) is 12.1 Å². The maximum atomic E-state index is 13.6. The Hall–Kier alpha value is -3.41. The Morgan fingerprint density at radius 3 is 2.59 bits per heavy atom. The van der Waals surface area contributed by atoms with Gasteiger partial charge in [-0.15, -0.1) is 0 Å². The van der Waals surface area contributed by atoms with Crippen LogP contribution in [0.2, 0.25) is 0 Å². The van der Waals surface area contributed by atoms with Crippen molar-refractivity contribution in [3.05, 3.63) is 48.3 Å². The second-order valence-corrected chi connectivity index (χ2v) is 10.3. The maximum absolute atomic E-state index is 13.6. The fraction of sp³-hybridized carbons (Fsp3) is 0.350. The SMILES string of the molecule is C[C@H](Cn1cnc2c(N)ncnc21)OC[P@@](=O)(NC(=O)c1ccc(F)cc1)NC(C)(C)C(=O)O. The Bertz CT molecular complexity index is 1250. The molecule has 0 bridgehead atoms. The molecule has 0 aliphatic carbocycles. The third-order valence-electron chi connectivity index (χ3n) is 4.81. The van der Waals surface area contributed by atoms with E-state index in [1.165, 1.54) is 38.6 Å². The average Bonchev–Trinajstić information content (AvgIpc) is 3.16. The number of imidazole rings is 1. The molecule has 0 aliphatic rings. The van der Waals surface area contributed by atoms with Crippen LogP contribution in [-0.2, 0) is 20.6 Å². The van der Waals surface area contributed by atoms with Gasteiger partial charge in [0.25, 0.3) is 13.4 Å². The quantitative estimate of drug-likeness (QED) is 0.306. The zero-order valence-electron chi connectivity index (χ0n) is 18.7. The Morgan fingerprint density at radius 2 is 1.94 bits per heavy atom. The number of aliphatic carboxylic acids is 1. The number of ether oxygens (including phenoxy) is 1. The minimum Gasteiger partial charge on any atom is -0.480 e. The van der Waals surface area contributed by atoms with E-state index in [2.05, 4.69) is 25.1 Å². The molecule has 0 aliphatic heterocycles. The highest BCUT2D eigenvalue weighted by Gasteiger charge is 2.37. The molecule has 1 aromatic carbocycles. The molecule has 3 aromatic rings. The molecule has 14 heteroatoms. The number of carbonyl (C=O) groups is 2. The van der Waals surface area contributed by atoms with Gasteiger partial charge in [-0.1, -0.05) is 0 Å². The molecular formula is C20H25FN7O5P. The molecule has 0 radical (unpaired) electrons. The van der Waals surface area contributed by atoms with Gasteiger partial charge in [-0.05, 0) is 45.0 Å². The maximum Gasteiger partial charge on any atom is 0.323 e. The highest BCUT2D eigenvalue weighted by molar-refractivity contribution is 7.60. The van der Waals surface area contributed by atoms with Crippen LogP contribution in [0.15, 0.2) is 36.9 Å². The number of anilines is 1. The summed E-state index contributed by atoms with van der Waals surface area (Å²) in [5.41, 5.74) is 5.11. The number of hydrogen-bond donors (Lipinski definition) is 4. The zero-order valence-corrected chi connectivity index (χ0v) is 19.6. The molecule has 3 rings (SSSR count). The van der Waals surface area contributed by atoms with Crippen molar-refractivity contribution in [1.29, 1.82) is 0 Å². The number of rotatable bonds is 10. The Labute approximate surface area is 194 Å². The number of nitrogens with one attached hydrogen (secondary N) is 2. The van der Waals surface area contributed by atoms with Gasteiger partial charge in [0.1, 0.15) is 29.5 Å². The largest absolute Gasteiger partial charge is 0.480 e. The summed E-state index contributed by atoms with van der Waals surface area (Å²) in [6, 6.07) is 4.61. The fourth-order valence-corrected chi connectivity index (χ4v) is 5.12. The number of benzene rings is 1. The molecule has 0 fully saturated rings. The standard InChI is InChI=1S/C20H25FN7O5P/c1-12(8-28-10-25-15-16(22)23-9-24-17(15)28)33-11-34(32,27-20(2,3)19(30)31)26-18(29)13-4-6-14(21)7-5-13/h4-7,9-10,12H,8,11H2,1-3H3,(H,30,31)(H2,22,23,24)(H2,26,27,29,32)/t12-,34-/m1/s1. The lowest BCUT2D eigenvalue weighted by atomic mass is 10.1. The Morgan fingerprint density at radius 1 is 1.26 bits per heavy atom. The van der Waals surface area contributed by atoms with Crippen molar-refractivity contribution >= 4 is 36.3 Å². The van der Waals surface area contributed by atoms with Gasteiger partial charge < -0.3 is 20.1 Å². The summed E-state index contributed by atoms with van der Waals surface area (Å²) in [4.78, 5) is 36.4. The molecule has 1 amide bonds. The number of aromatic nitrogens is 4. The summed E-state index contributed by atoms with van der Waals surface area (Å²) in [5.74, 6) is -2.37. The van der Waals surface area contributed by atoms with Crippen molar-refractivity contribution in [3.8, 4) is 0 Å². The number of nitrogens with two attached hydrogens (primary N) is 1. The lowest BCUT2D eigenvalue weighted by Gasteiger charge is -2.29. The van der Waals surface area contributed by atoms with Crippen LogP contribution >= 0.6 is 7.44 Å². The summed E-state index contributed by atoms with van der Waals surface area (Å²) < 4.78 is 34.2. The number of fused-ring (bicyclic) bond motifs is 1. The normalized spacial score (nSPS) is 14.5. The van der Waals surface area contributed by atoms with E-state index in [9.17, 15) is 23.7 Å². The van der Waals surface area contributed by atoms with Crippen LogP contribution in [0.1, 0.15) is 31.1 Å². The van der Waals surface area contributed by atoms with Crippen molar-refractivity contribution in [2.45, 2.75) is 39.0 Å². The van der Waals surface area contributed by atoms with Crippen LogP contribution in [0.25, 0.3) is 11.2 Å². The van der Waals surface area contributed by atoms with Crippen LogP contribution in [-0.4, -0.2) is 54.5 Å². The van der Waals surface area contributed by atoms with E-state index in [4.69, 9.17) is 10.5 Å². The van der Waals surface area contributed by atoms with Gasteiger partial charge in [0, 0.05) is 5.56 Å². The molecule has 182 valence electrons. The number of nitrogens with zero attached hydrogens (tertiary/aromatic N) is 4. The van der Waals surface area contributed by atoms with E-state index in [0.29, 0.717) is 11.2 Å². The third-order valence-corrected chi connectivity index (χ3v) is 6.80. The summed E-state index contributed by atoms with van der Waals surface area (Å²) in [6.45, 7) is 4.56. The average molecular weight is 493 g/mol. The first-order chi connectivity index (χ1) is 15.9. The monoisotopic (exact) mass is 493 g/mol. The zero-order chi connectivity index (χ0) is 25.1. The first-order valence-corrected chi connectivity index (χ1v) is 12.0. The van der Waals surface area contributed by atoms with E-state index in [-0.39, 0.29) is 17.9 Å². The van der Waals surface area contributed by atoms with Crippen molar-refractivity contribution < 1.29 is 28.4 Å². The van der Waals surface area contributed by atoms with Crippen molar-refractivity contribution in [1.82, 2.24) is 29.7 Å². The highest BCUT2D eigenvalue weighted by Crippen LogP contribution is 2.39. The fourth-order valence-electron chi connectivity index (χ4n) is 3.02. The van der Waals surface area contributed by atoms with Gasteiger partial charge in [-0.25, -0.2) is 24.4 Å². The summed E-state index contributed by atoms with van der Waals surface area (Å²) in [6.07, 6.45) is 1.76. The van der Waals surface area contributed by atoms with Gasteiger partial charge in [0.2, 0.25) is 0 Å². The molecule has 2 heterocycles. The highest BCUT2D eigenvalue weighted by atomic mass is 31.2. The lowest BCUT2D eigenvalue weighted by Crippen LogP contribution is -2.48. The number of halogens is 1. The van der Waals surface area contributed by atoms with Crippen LogP contribution < -0.4 is 15.9 Å². The van der Waals surface area contributed by atoms with E-state index < -0.39 is 43.1 Å². The van der Waals surface area contributed by atoms with Crippen LogP contribution in [0.3, 0.4) is 0 Å². The number of amides is 1. The molecule has 2 atom stereocenters. The van der Waals surface area contributed by atoms with Crippen molar-refractivity contribution in [2.75, 3.05) is 12.1 Å². The van der Waals surface area contributed by atoms with E-state index >= 15 is 0 Å². The first kappa shape index (κ1) is 25.2. The number of carboxylic acid groups (broad SMARTS) is 1. The number of carbonyl (C=O) groups excluding carboxylic acids is 1. The Kier molecular flexibility index (Phi) is 7.29. The van der Waals surface area contributed by atoms with Crippen molar-refractivity contribution in [3.63, 3.8) is 0 Å². The summed E-state index contributed by atoms with van der Waals surface area (Å²) in [5, 5.41) is 14.3. The summed E-state index contributed by atoms with van der Waals surface area (Å²) in [7, 11) is -3.94. The van der Waals surface area contributed by atoms with Crippen molar-refractivity contribution in [2.24, 2.45) is 0 Å². The molecule has 0 spiro atoms. The van der Waals surface area contributed by atoms with E-state index in [1.54, 1.807) is 11.5 Å². The van der Waals surface area contributed by atoms with Crippen LogP contribution in [0.5, 0.6) is 0 Å².